The van der Waals surface area contributed by atoms with Gasteiger partial charge in [-0.05, 0) is 56.9 Å². The van der Waals surface area contributed by atoms with Crippen LogP contribution < -0.4 is 20.3 Å². The Bertz CT molecular complexity index is 1590. The van der Waals surface area contributed by atoms with Gasteiger partial charge in [0.1, 0.15) is 21.8 Å². The third-order valence-electron chi connectivity index (χ3n) is 7.49. The Morgan fingerprint density at radius 2 is 2.02 bits per heavy atom. The zero-order chi connectivity index (χ0) is 30.1. The molecule has 0 radical (unpaired) electrons. The van der Waals surface area contributed by atoms with Crippen LogP contribution in [0.1, 0.15) is 18.0 Å². The highest BCUT2D eigenvalue weighted by Gasteiger charge is 2.47. The van der Waals surface area contributed by atoms with Crippen LogP contribution >= 0.6 is 23.4 Å². The van der Waals surface area contributed by atoms with E-state index in [9.17, 15) is 14.4 Å². The summed E-state index contributed by atoms with van der Waals surface area (Å²) in [7, 11) is 3.88. The minimum Gasteiger partial charge on any atom is -0.456 e. The quantitative estimate of drug-likeness (QED) is 0.351. The number of para-hydroxylation sites is 1. The van der Waals surface area contributed by atoms with Crippen molar-refractivity contribution in [1.82, 2.24) is 25.4 Å². The fourth-order valence-electron chi connectivity index (χ4n) is 5.44. The zero-order valence-electron chi connectivity index (χ0n) is 23.7. The third-order valence-corrected chi connectivity index (χ3v) is 9.07. The van der Waals surface area contributed by atoms with Gasteiger partial charge in [-0.25, -0.2) is 9.78 Å². The fraction of sp³-hybridized carbons (Fsp3) is 0.290. The lowest BCUT2D eigenvalue weighted by molar-refractivity contribution is -0.126. The molecule has 3 aliphatic rings. The molecule has 1 aromatic heterocycles. The van der Waals surface area contributed by atoms with E-state index in [-0.39, 0.29) is 23.9 Å². The molecule has 10 nitrogen and oxygen atoms in total. The summed E-state index contributed by atoms with van der Waals surface area (Å²) in [5.74, 6) is 0.865. The maximum atomic E-state index is 13.5. The average Bonchev–Trinajstić information content (AvgIpc) is 3.60. The summed E-state index contributed by atoms with van der Waals surface area (Å²) in [4.78, 5) is 49.4. The number of rotatable bonds is 8. The Balaban J connectivity index is 1.15. The Morgan fingerprint density at radius 3 is 2.79 bits per heavy atom. The maximum Gasteiger partial charge on any atom is 0.327 e. The van der Waals surface area contributed by atoms with Gasteiger partial charge in [0.05, 0.1) is 22.4 Å². The second-order valence-electron chi connectivity index (χ2n) is 10.8. The van der Waals surface area contributed by atoms with Gasteiger partial charge >= 0.3 is 6.03 Å². The van der Waals surface area contributed by atoms with Gasteiger partial charge < -0.3 is 25.2 Å². The number of anilines is 2. The van der Waals surface area contributed by atoms with E-state index in [2.05, 4.69) is 15.6 Å². The molecule has 2 unspecified atom stereocenters. The minimum absolute atomic E-state index is 0.0607. The SMILES string of the molecule is CN(C)C/C=C/C(=O)N1CCC(NC(=O)[C@@H]2Sc3nccc4c3C2NC(=O)N4c2ccc(Oc3ccccc3)c(Cl)c2)C1. The van der Waals surface area contributed by atoms with E-state index in [4.69, 9.17) is 16.3 Å². The standard InChI is InChI=1S/C31H31ClN6O4S/c1-36(2)15-6-9-25(39)37-16-13-19(18-37)34-29(40)28-27-26-23(12-14-33-30(26)43-28)38(31(41)35-27)20-10-11-24(22(32)17-20)42-21-7-4-3-5-8-21/h3-12,14,17,19,27-28H,13,15-16,18H2,1-2H3,(H,34,40)(H,35,41)/b9-6+/t19?,27?,28-/m1/s1. The van der Waals surface area contributed by atoms with Gasteiger partial charge in [0.25, 0.3) is 0 Å². The van der Waals surface area contributed by atoms with Crippen LogP contribution in [0.3, 0.4) is 0 Å². The Hall–Kier alpha value is -4.06. The molecule has 12 heteroatoms. The lowest BCUT2D eigenvalue weighted by Crippen LogP contribution is -2.50. The maximum absolute atomic E-state index is 13.5. The average molecular weight is 619 g/mol. The molecule has 6 rings (SSSR count). The summed E-state index contributed by atoms with van der Waals surface area (Å²) in [5.41, 5.74) is 2.00. The van der Waals surface area contributed by atoms with E-state index in [0.29, 0.717) is 59.0 Å². The number of urea groups is 1. The van der Waals surface area contributed by atoms with Crippen LogP contribution in [0.15, 0.2) is 78.0 Å². The molecule has 3 aliphatic heterocycles. The lowest BCUT2D eigenvalue weighted by Gasteiger charge is -2.34. The van der Waals surface area contributed by atoms with E-state index >= 15 is 0 Å². The first-order chi connectivity index (χ1) is 20.8. The van der Waals surface area contributed by atoms with Crippen molar-refractivity contribution >= 4 is 52.6 Å². The molecular weight excluding hydrogens is 588 g/mol. The first kappa shape index (κ1) is 29.0. The van der Waals surface area contributed by atoms with Gasteiger partial charge in [0, 0.05) is 43.5 Å². The Kier molecular flexibility index (Phi) is 8.29. The van der Waals surface area contributed by atoms with Gasteiger partial charge in [0.15, 0.2) is 0 Å². The van der Waals surface area contributed by atoms with Crippen LogP contribution in [-0.4, -0.2) is 77.7 Å². The second-order valence-corrected chi connectivity index (χ2v) is 12.4. The van der Waals surface area contributed by atoms with Crippen molar-refractivity contribution in [3.63, 3.8) is 0 Å². The number of amides is 4. The zero-order valence-corrected chi connectivity index (χ0v) is 25.3. The normalized spacial score (nSPS) is 20.8. The van der Waals surface area contributed by atoms with Gasteiger partial charge in [-0.3, -0.25) is 14.5 Å². The number of likely N-dealkylation sites (tertiary alicyclic amines) is 1. The van der Waals surface area contributed by atoms with E-state index in [1.165, 1.54) is 11.8 Å². The van der Waals surface area contributed by atoms with E-state index < -0.39 is 11.3 Å². The number of ether oxygens (including phenoxy) is 1. The Labute approximate surface area is 259 Å². The van der Waals surface area contributed by atoms with Crippen molar-refractivity contribution in [1.29, 1.82) is 0 Å². The molecule has 0 saturated carbocycles. The van der Waals surface area contributed by atoms with Crippen molar-refractivity contribution in [3.8, 4) is 11.5 Å². The number of carbonyl (C=O) groups excluding carboxylic acids is 3. The van der Waals surface area contributed by atoms with Crippen molar-refractivity contribution in [2.75, 3.05) is 38.6 Å². The monoisotopic (exact) mass is 618 g/mol. The first-order valence-corrected chi connectivity index (χ1v) is 15.2. The second kappa shape index (κ2) is 12.3. The molecule has 4 heterocycles. The number of halogens is 1. The first-order valence-electron chi connectivity index (χ1n) is 14.0. The molecule has 0 spiro atoms. The minimum atomic E-state index is -0.593. The predicted octanol–water partition coefficient (Wildman–Crippen LogP) is 4.74. The van der Waals surface area contributed by atoms with Crippen molar-refractivity contribution in [2.24, 2.45) is 0 Å². The van der Waals surface area contributed by atoms with Crippen molar-refractivity contribution in [3.05, 3.63) is 83.5 Å². The summed E-state index contributed by atoms with van der Waals surface area (Å²) >= 11 is 7.91. The van der Waals surface area contributed by atoms with Crippen LogP contribution in [-0.2, 0) is 9.59 Å². The number of pyridine rings is 1. The molecular formula is C31H31ClN6O4S. The van der Waals surface area contributed by atoms with Crippen molar-refractivity contribution < 1.29 is 19.1 Å². The predicted molar refractivity (Wildman–Crippen MR) is 166 cm³/mol. The van der Waals surface area contributed by atoms with Crippen LogP contribution in [0.25, 0.3) is 0 Å². The molecule has 0 bridgehead atoms. The smallest absolute Gasteiger partial charge is 0.327 e. The number of nitrogens with zero attached hydrogens (tertiary/aromatic N) is 4. The number of hydrogen-bond donors (Lipinski definition) is 2. The number of aromatic nitrogens is 1. The summed E-state index contributed by atoms with van der Waals surface area (Å²) in [6.07, 6.45) is 5.73. The van der Waals surface area contributed by atoms with Gasteiger partial charge in [-0.15, -0.1) is 0 Å². The number of nitrogens with one attached hydrogen (secondary N) is 2. The van der Waals surface area contributed by atoms with Gasteiger partial charge in [-0.1, -0.05) is 47.6 Å². The van der Waals surface area contributed by atoms with Gasteiger partial charge in [-0.2, -0.15) is 0 Å². The number of thioether (sulfide) groups is 1. The number of hydrogen-bond acceptors (Lipinski definition) is 7. The van der Waals surface area contributed by atoms with Crippen LogP contribution in [0, 0.1) is 0 Å². The highest BCUT2D eigenvalue weighted by atomic mass is 35.5. The summed E-state index contributed by atoms with van der Waals surface area (Å²) in [5, 5.41) is 6.58. The largest absolute Gasteiger partial charge is 0.456 e. The van der Waals surface area contributed by atoms with Crippen molar-refractivity contribution in [2.45, 2.75) is 28.8 Å². The molecule has 43 heavy (non-hydrogen) atoms. The van der Waals surface area contributed by atoms with E-state index in [1.54, 1.807) is 46.3 Å². The third kappa shape index (κ3) is 6.06. The van der Waals surface area contributed by atoms with Crippen LogP contribution in [0.5, 0.6) is 11.5 Å². The highest BCUT2D eigenvalue weighted by molar-refractivity contribution is 8.01. The molecule has 4 amide bonds. The summed E-state index contributed by atoms with van der Waals surface area (Å²) in [6.45, 7) is 1.70. The molecule has 3 aromatic rings. The van der Waals surface area contributed by atoms with Crippen LogP contribution in [0.4, 0.5) is 16.2 Å². The highest BCUT2D eigenvalue weighted by Crippen LogP contribution is 2.51. The van der Waals surface area contributed by atoms with E-state index in [0.717, 1.165) is 5.56 Å². The number of carbonyl (C=O) groups is 3. The fourth-order valence-corrected chi connectivity index (χ4v) is 6.89. The topological polar surface area (TPSA) is 107 Å². The molecule has 2 aromatic carbocycles. The summed E-state index contributed by atoms with van der Waals surface area (Å²) < 4.78 is 5.90. The lowest BCUT2D eigenvalue weighted by atomic mass is 9.99. The van der Waals surface area contributed by atoms with Crippen LogP contribution in [0.2, 0.25) is 5.02 Å². The molecule has 222 valence electrons. The Morgan fingerprint density at radius 1 is 1.21 bits per heavy atom. The number of likely N-dealkylation sites (N-methyl/N-ethyl adjacent to an activating group) is 1. The molecule has 0 aliphatic carbocycles. The van der Waals surface area contributed by atoms with Gasteiger partial charge in [0.2, 0.25) is 11.8 Å². The number of benzene rings is 2. The van der Waals surface area contributed by atoms with E-state index in [1.807, 2.05) is 55.4 Å². The molecule has 1 fully saturated rings. The molecule has 3 atom stereocenters. The molecule has 2 N–H and O–H groups in total. The summed E-state index contributed by atoms with van der Waals surface area (Å²) in [6, 6.07) is 15.2. The molecule has 1 saturated heterocycles.